The Hall–Kier alpha value is -1.44. The normalized spacial score (nSPS) is 19.8. The van der Waals surface area contributed by atoms with Crippen LogP contribution in [0.2, 0.25) is 0 Å². The molecule has 1 N–H and O–H groups in total. The molecule has 0 unspecified atom stereocenters. The van der Waals surface area contributed by atoms with Gasteiger partial charge in [-0.3, -0.25) is 4.79 Å². The Labute approximate surface area is 143 Å². The van der Waals surface area contributed by atoms with Gasteiger partial charge in [0, 0.05) is 31.7 Å². The molecule has 2 saturated heterocycles. The van der Waals surface area contributed by atoms with Crippen LogP contribution in [0.4, 0.5) is 5.69 Å². The van der Waals surface area contributed by atoms with Crippen LogP contribution in [-0.4, -0.2) is 51.9 Å². The first-order valence-corrected chi connectivity index (χ1v) is 10.2. The Morgan fingerprint density at radius 3 is 2.29 bits per heavy atom. The lowest BCUT2D eigenvalue weighted by Gasteiger charge is -2.26. The van der Waals surface area contributed by atoms with Gasteiger partial charge in [-0.15, -0.1) is 0 Å². The maximum absolute atomic E-state index is 12.4. The summed E-state index contributed by atoms with van der Waals surface area (Å²) in [6, 6.07) is 6.57. The monoisotopic (exact) mass is 351 g/mol. The number of rotatable bonds is 6. The molecule has 2 aliphatic heterocycles. The molecule has 6 nitrogen and oxygen atoms in total. The van der Waals surface area contributed by atoms with E-state index >= 15 is 0 Å². The van der Waals surface area contributed by atoms with Crippen molar-refractivity contribution in [1.82, 2.24) is 9.62 Å². The molecule has 3 rings (SSSR count). The summed E-state index contributed by atoms with van der Waals surface area (Å²) in [7, 11) is -3.50. The number of amides is 1. The fraction of sp³-hybridized carbons (Fsp3) is 0.588. The van der Waals surface area contributed by atoms with E-state index < -0.39 is 10.0 Å². The van der Waals surface area contributed by atoms with Gasteiger partial charge in [0.25, 0.3) is 0 Å². The van der Waals surface area contributed by atoms with E-state index in [0.29, 0.717) is 19.5 Å². The van der Waals surface area contributed by atoms with Crippen molar-refractivity contribution in [1.29, 1.82) is 0 Å². The molecule has 7 heteroatoms. The van der Waals surface area contributed by atoms with Gasteiger partial charge in [-0.25, -0.2) is 13.1 Å². The largest absolute Gasteiger partial charge is 0.312 e. The van der Waals surface area contributed by atoms with Crippen LogP contribution in [0.5, 0.6) is 0 Å². The summed E-state index contributed by atoms with van der Waals surface area (Å²) in [4.78, 5) is 16.0. The van der Waals surface area contributed by atoms with Gasteiger partial charge in [-0.05, 0) is 56.6 Å². The summed E-state index contributed by atoms with van der Waals surface area (Å²) in [5.74, 6) is 0.102. The SMILES string of the molecule is O=C1CCCN1c1ccc(S(=O)(=O)NCCN2CCCCC2)cc1. The van der Waals surface area contributed by atoms with E-state index in [4.69, 9.17) is 0 Å². The molecular formula is C17H25N3O3S. The lowest BCUT2D eigenvalue weighted by Crippen LogP contribution is -2.37. The van der Waals surface area contributed by atoms with Crippen molar-refractivity contribution in [2.24, 2.45) is 0 Å². The maximum atomic E-state index is 12.4. The molecule has 0 bridgehead atoms. The second kappa shape index (κ2) is 7.63. The van der Waals surface area contributed by atoms with Crippen LogP contribution in [0.25, 0.3) is 0 Å². The third-order valence-corrected chi connectivity index (χ3v) is 6.18. The summed E-state index contributed by atoms with van der Waals surface area (Å²) >= 11 is 0. The zero-order valence-corrected chi connectivity index (χ0v) is 14.7. The van der Waals surface area contributed by atoms with E-state index in [1.807, 2.05) is 0 Å². The summed E-state index contributed by atoms with van der Waals surface area (Å²) in [5.41, 5.74) is 0.768. The summed E-state index contributed by atoms with van der Waals surface area (Å²) in [5, 5.41) is 0. The van der Waals surface area contributed by atoms with Crippen molar-refractivity contribution in [3.63, 3.8) is 0 Å². The molecule has 0 spiro atoms. The van der Waals surface area contributed by atoms with E-state index in [-0.39, 0.29) is 10.8 Å². The quantitative estimate of drug-likeness (QED) is 0.845. The number of anilines is 1. The van der Waals surface area contributed by atoms with Gasteiger partial charge in [0.15, 0.2) is 0 Å². The van der Waals surface area contributed by atoms with Gasteiger partial charge < -0.3 is 9.80 Å². The number of carbonyl (C=O) groups is 1. The smallest absolute Gasteiger partial charge is 0.240 e. The lowest BCUT2D eigenvalue weighted by molar-refractivity contribution is -0.117. The fourth-order valence-electron chi connectivity index (χ4n) is 3.33. The average Bonchev–Trinajstić information content (AvgIpc) is 3.02. The summed E-state index contributed by atoms with van der Waals surface area (Å²) < 4.78 is 27.4. The highest BCUT2D eigenvalue weighted by Gasteiger charge is 2.22. The molecule has 132 valence electrons. The number of hydrogen-bond donors (Lipinski definition) is 1. The van der Waals surface area contributed by atoms with Crippen LogP contribution in [0.1, 0.15) is 32.1 Å². The number of piperidine rings is 1. The molecule has 0 radical (unpaired) electrons. The number of nitrogens with one attached hydrogen (secondary N) is 1. The topological polar surface area (TPSA) is 69.7 Å². The van der Waals surface area contributed by atoms with Crippen molar-refractivity contribution >= 4 is 21.6 Å². The molecule has 0 saturated carbocycles. The molecule has 0 aliphatic carbocycles. The first-order chi connectivity index (χ1) is 11.6. The van der Waals surface area contributed by atoms with Gasteiger partial charge in [-0.2, -0.15) is 0 Å². The molecular weight excluding hydrogens is 326 g/mol. The van der Waals surface area contributed by atoms with Crippen molar-refractivity contribution in [2.45, 2.75) is 37.0 Å². The number of carbonyl (C=O) groups excluding carboxylic acids is 1. The van der Waals surface area contributed by atoms with Gasteiger partial charge in [-0.1, -0.05) is 6.42 Å². The number of likely N-dealkylation sites (tertiary alicyclic amines) is 1. The Morgan fingerprint density at radius 1 is 0.958 bits per heavy atom. The zero-order chi connectivity index (χ0) is 17.0. The maximum Gasteiger partial charge on any atom is 0.240 e. The van der Waals surface area contributed by atoms with Gasteiger partial charge in [0.2, 0.25) is 15.9 Å². The first kappa shape index (κ1) is 17.4. The Kier molecular flexibility index (Phi) is 5.53. The summed E-state index contributed by atoms with van der Waals surface area (Å²) in [6.07, 6.45) is 5.09. The molecule has 24 heavy (non-hydrogen) atoms. The fourth-order valence-corrected chi connectivity index (χ4v) is 4.35. The molecule has 2 fully saturated rings. The van der Waals surface area contributed by atoms with Crippen molar-refractivity contribution in [3.8, 4) is 0 Å². The minimum atomic E-state index is -3.50. The number of nitrogens with zero attached hydrogens (tertiary/aromatic N) is 2. The Balaban J connectivity index is 1.56. The molecule has 0 aromatic heterocycles. The predicted molar refractivity (Wildman–Crippen MR) is 93.5 cm³/mol. The number of hydrogen-bond acceptors (Lipinski definition) is 4. The Morgan fingerprint density at radius 2 is 1.67 bits per heavy atom. The lowest BCUT2D eigenvalue weighted by atomic mass is 10.1. The standard InChI is InChI=1S/C17H25N3O3S/c21-17-5-4-13-20(17)15-6-8-16(9-7-15)24(22,23)18-10-14-19-11-2-1-3-12-19/h6-9,18H,1-5,10-14H2. The average molecular weight is 351 g/mol. The van der Waals surface area contributed by atoms with Crippen LogP contribution in [0, 0.1) is 0 Å². The summed E-state index contributed by atoms with van der Waals surface area (Å²) in [6.45, 7) is 3.99. The molecule has 1 aromatic carbocycles. The van der Waals surface area contributed by atoms with Crippen molar-refractivity contribution in [3.05, 3.63) is 24.3 Å². The van der Waals surface area contributed by atoms with Crippen LogP contribution in [-0.2, 0) is 14.8 Å². The molecule has 2 aliphatic rings. The van der Waals surface area contributed by atoms with E-state index in [9.17, 15) is 13.2 Å². The van der Waals surface area contributed by atoms with Gasteiger partial charge in [0.05, 0.1) is 4.90 Å². The highest BCUT2D eigenvalue weighted by Crippen LogP contribution is 2.22. The van der Waals surface area contributed by atoms with E-state index in [1.165, 1.54) is 19.3 Å². The molecule has 1 amide bonds. The van der Waals surface area contributed by atoms with Gasteiger partial charge in [0.1, 0.15) is 0 Å². The second-order valence-corrected chi connectivity index (χ2v) is 8.21. The third kappa shape index (κ3) is 4.15. The second-order valence-electron chi connectivity index (χ2n) is 6.44. The predicted octanol–water partition coefficient (Wildman–Crippen LogP) is 1.58. The molecule has 2 heterocycles. The van der Waals surface area contributed by atoms with E-state index in [2.05, 4.69) is 9.62 Å². The first-order valence-electron chi connectivity index (χ1n) is 8.69. The van der Waals surface area contributed by atoms with E-state index in [0.717, 1.165) is 31.7 Å². The van der Waals surface area contributed by atoms with Crippen LogP contribution in [0.3, 0.4) is 0 Å². The van der Waals surface area contributed by atoms with E-state index in [1.54, 1.807) is 29.2 Å². The number of sulfonamides is 1. The van der Waals surface area contributed by atoms with Crippen molar-refractivity contribution in [2.75, 3.05) is 37.6 Å². The highest BCUT2D eigenvalue weighted by atomic mass is 32.2. The van der Waals surface area contributed by atoms with Crippen LogP contribution in [0.15, 0.2) is 29.2 Å². The van der Waals surface area contributed by atoms with Crippen molar-refractivity contribution < 1.29 is 13.2 Å². The number of benzene rings is 1. The molecule has 1 aromatic rings. The van der Waals surface area contributed by atoms with Crippen LogP contribution < -0.4 is 9.62 Å². The third-order valence-electron chi connectivity index (χ3n) is 4.70. The minimum absolute atomic E-state index is 0.102. The minimum Gasteiger partial charge on any atom is -0.312 e. The zero-order valence-electron chi connectivity index (χ0n) is 13.9. The Bertz CT molecular complexity index is 667. The van der Waals surface area contributed by atoms with Crippen LogP contribution >= 0.6 is 0 Å². The highest BCUT2D eigenvalue weighted by molar-refractivity contribution is 7.89. The van der Waals surface area contributed by atoms with Gasteiger partial charge >= 0.3 is 0 Å². The molecule has 0 atom stereocenters.